The van der Waals surface area contributed by atoms with E-state index < -0.39 is 19.9 Å². The van der Waals surface area contributed by atoms with Crippen molar-refractivity contribution < 1.29 is 36.0 Å². The van der Waals surface area contributed by atoms with Gasteiger partial charge in [0.2, 0.25) is 0 Å². The van der Waals surface area contributed by atoms with Gasteiger partial charge in [-0.15, -0.1) is 0 Å². The van der Waals surface area contributed by atoms with Gasteiger partial charge in [0.1, 0.15) is 0 Å². The fourth-order valence-corrected chi connectivity index (χ4v) is 1.40. The molecule has 0 atom stereocenters. The van der Waals surface area contributed by atoms with Crippen LogP contribution in [0.5, 0.6) is 0 Å². The standard InChI is InChI=1S/2C4H9O.2FH.Ti/c2*1-2-3-4-5;;;/h2*2-4H2,1H3;2*1H;/q2*-1;;;+2. The molecule has 0 aromatic rings. The molecule has 0 radical (unpaired) electrons. The van der Waals surface area contributed by atoms with Gasteiger partial charge in [-0.05, 0) is 0 Å². The van der Waals surface area contributed by atoms with Crippen molar-refractivity contribution in [2.75, 3.05) is 13.2 Å². The van der Waals surface area contributed by atoms with Crippen LogP contribution in [0.1, 0.15) is 39.5 Å². The van der Waals surface area contributed by atoms with Crippen molar-refractivity contribution in [2.24, 2.45) is 0 Å². The zero-order valence-corrected chi connectivity index (χ0v) is 9.94. The molecule has 0 aromatic heterocycles. The predicted octanol–water partition coefficient (Wildman–Crippen LogP) is 2.84. The van der Waals surface area contributed by atoms with Crippen LogP contribution in [-0.2, 0) is 26.6 Å². The maximum Gasteiger partial charge on any atom is -0.269 e. The normalized spacial score (nSPS) is 8.46. The van der Waals surface area contributed by atoms with Gasteiger partial charge in [0.25, 0.3) is 0 Å². The molecular formula is C8H20F2O2Ti. The van der Waals surface area contributed by atoms with Crippen LogP contribution >= 0.6 is 0 Å². The first-order valence-corrected chi connectivity index (χ1v) is 5.67. The van der Waals surface area contributed by atoms with E-state index in [0.717, 1.165) is 13.2 Å². The predicted molar refractivity (Wildman–Crippen MR) is 46.7 cm³/mol. The molecule has 0 aliphatic rings. The summed E-state index contributed by atoms with van der Waals surface area (Å²) in [7, 11) is 0. The Labute approximate surface area is 89.0 Å². The number of rotatable bonds is 8. The van der Waals surface area contributed by atoms with Crippen LogP contribution in [-0.4, -0.2) is 13.2 Å². The van der Waals surface area contributed by atoms with Crippen LogP contribution in [0, 0.1) is 0 Å². The Balaban J connectivity index is -0.000000500. The summed E-state index contributed by atoms with van der Waals surface area (Å²) < 4.78 is 10.6. The van der Waals surface area contributed by atoms with Crippen molar-refractivity contribution in [1.29, 1.82) is 0 Å². The van der Waals surface area contributed by atoms with Crippen molar-refractivity contribution in [3.8, 4) is 0 Å². The fourth-order valence-electron chi connectivity index (χ4n) is 0.558. The van der Waals surface area contributed by atoms with Crippen LogP contribution in [0.3, 0.4) is 0 Å². The fraction of sp³-hybridized carbons (Fsp3) is 1.00. The second-order valence-electron chi connectivity index (χ2n) is 2.49. The van der Waals surface area contributed by atoms with E-state index in [1.54, 1.807) is 0 Å². The van der Waals surface area contributed by atoms with Gasteiger partial charge in [-0.3, -0.25) is 9.41 Å². The molecule has 13 heavy (non-hydrogen) atoms. The van der Waals surface area contributed by atoms with Gasteiger partial charge in [-0.2, -0.15) is 0 Å². The molecule has 0 aliphatic carbocycles. The van der Waals surface area contributed by atoms with Crippen molar-refractivity contribution in [1.82, 2.24) is 0 Å². The zero-order chi connectivity index (χ0) is 8.36. The molecule has 0 aliphatic heterocycles. The summed E-state index contributed by atoms with van der Waals surface area (Å²) in [5, 5.41) is 0. The SMILES string of the molecule is CCCC[O][Ti][O]CCCC.F.F. The van der Waals surface area contributed by atoms with Crippen LogP contribution in [0.2, 0.25) is 0 Å². The van der Waals surface area contributed by atoms with Crippen molar-refractivity contribution in [3.63, 3.8) is 0 Å². The monoisotopic (exact) mass is 234 g/mol. The molecule has 0 amide bonds. The largest absolute Gasteiger partial charge is 0.269 e. The van der Waals surface area contributed by atoms with Crippen LogP contribution in [0.25, 0.3) is 0 Å². The van der Waals surface area contributed by atoms with E-state index in [4.69, 9.17) is 6.64 Å². The van der Waals surface area contributed by atoms with Gasteiger partial charge in [0.15, 0.2) is 0 Å². The van der Waals surface area contributed by atoms with E-state index in [0.29, 0.717) is 0 Å². The molecule has 0 N–H and O–H groups in total. The Hall–Kier alpha value is 0.494. The summed E-state index contributed by atoms with van der Waals surface area (Å²) in [6, 6.07) is 0. The van der Waals surface area contributed by atoms with Gasteiger partial charge in [-0.1, -0.05) is 0 Å². The Bertz CT molecular complexity index is 69.2. The molecule has 0 aromatic carbocycles. The molecule has 5 heteroatoms. The van der Waals surface area contributed by atoms with Crippen LogP contribution in [0.4, 0.5) is 9.41 Å². The van der Waals surface area contributed by atoms with Gasteiger partial charge in [0, 0.05) is 0 Å². The smallest absolute Gasteiger partial charge is 0.269 e. The number of hydrogen-bond acceptors (Lipinski definition) is 2. The van der Waals surface area contributed by atoms with Gasteiger partial charge in [-0.25, -0.2) is 0 Å². The Morgan fingerprint density at radius 3 is 1.54 bits per heavy atom. The molecule has 0 heterocycles. The van der Waals surface area contributed by atoms with Crippen molar-refractivity contribution in [3.05, 3.63) is 0 Å². The molecule has 0 bridgehead atoms. The zero-order valence-electron chi connectivity index (χ0n) is 8.38. The minimum Gasteiger partial charge on any atom is -0.269 e. The Kier molecular flexibility index (Phi) is 26.9. The minimum atomic E-state index is -0.519. The van der Waals surface area contributed by atoms with Gasteiger partial charge >= 0.3 is 79.3 Å². The van der Waals surface area contributed by atoms with Gasteiger partial charge < -0.3 is 0 Å². The number of hydrogen-bond donors (Lipinski definition) is 0. The van der Waals surface area contributed by atoms with E-state index >= 15 is 0 Å². The average molecular weight is 234 g/mol. The first kappa shape index (κ1) is 19.1. The molecule has 0 rings (SSSR count). The van der Waals surface area contributed by atoms with E-state index in [1.807, 2.05) is 0 Å². The summed E-state index contributed by atoms with van der Waals surface area (Å²) >= 11 is -0.519. The topological polar surface area (TPSA) is 18.5 Å². The number of halogens is 2. The van der Waals surface area contributed by atoms with Crippen LogP contribution in [0.15, 0.2) is 0 Å². The molecule has 0 saturated carbocycles. The first-order chi connectivity index (χ1) is 5.41. The quantitative estimate of drug-likeness (QED) is 0.475. The summed E-state index contributed by atoms with van der Waals surface area (Å²) in [6.07, 6.45) is 4.75. The molecule has 0 unspecified atom stereocenters. The second kappa shape index (κ2) is 18.3. The van der Waals surface area contributed by atoms with E-state index in [2.05, 4.69) is 13.8 Å². The molecule has 0 saturated heterocycles. The second-order valence-corrected chi connectivity index (χ2v) is 3.65. The minimum absolute atomic E-state index is 0. The summed E-state index contributed by atoms with van der Waals surface area (Å²) in [5.41, 5.74) is 0. The summed E-state index contributed by atoms with van der Waals surface area (Å²) in [4.78, 5) is 0. The van der Waals surface area contributed by atoms with Crippen LogP contribution < -0.4 is 0 Å². The third kappa shape index (κ3) is 19.1. The molecule has 2 nitrogen and oxygen atoms in total. The van der Waals surface area contributed by atoms with Crippen molar-refractivity contribution in [2.45, 2.75) is 39.5 Å². The molecule has 0 fully saturated rings. The Morgan fingerprint density at radius 2 is 1.23 bits per heavy atom. The maximum absolute atomic E-state index is 5.32. The molecule has 0 spiro atoms. The van der Waals surface area contributed by atoms with Gasteiger partial charge in [0.05, 0.1) is 0 Å². The summed E-state index contributed by atoms with van der Waals surface area (Å²) in [6.45, 7) is 6.12. The average Bonchev–Trinajstić information content (AvgIpc) is 2.03. The molecular weight excluding hydrogens is 214 g/mol. The van der Waals surface area contributed by atoms with E-state index in [-0.39, 0.29) is 9.41 Å². The Morgan fingerprint density at radius 1 is 0.846 bits per heavy atom. The first-order valence-electron chi connectivity index (χ1n) is 4.40. The third-order valence-electron chi connectivity index (χ3n) is 1.32. The van der Waals surface area contributed by atoms with E-state index in [9.17, 15) is 0 Å². The maximum atomic E-state index is 5.32. The third-order valence-corrected chi connectivity index (χ3v) is 2.32. The van der Waals surface area contributed by atoms with Crippen molar-refractivity contribution >= 4 is 0 Å². The van der Waals surface area contributed by atoms with E-state index in [1.165, 1.54) is 25.7 Å². The summed E-state index contributed by atoms with van der Waals surface area (Å²) in [5.74, 6) is 0. The molecule has 82 valence electrons. The number of unbranched alkanes of at least 4 members (excludes halogenated alkanes) is 2.